The van der Waals surface area contributed by atoms with Gasteiger partial charge in [0.05, 0.1) is 13.2 Å². The molecule has 0 spiro atoms. The summed E-state index contributed by atoms with van der Waals surface area (Å²) in [5.41, 5.74) is 0. The van der Waals surface area contributed by atoms with Crippen LogP contribution in [0.3, 0.4) is 0 Å². The first-order chi connectivity index (χ1) is 4.00. The largest absolute Gasteiger partial charge is 0.379 e. The van der Waals surface area contributed by atoms with Gasteiger partial charge in [0.25, 0.3) is 0 Å². The quantitative estimate of drug-likeness (QED) is 0.462. The SMILES string of the molecule is C1COCCN1.C=C. The molecule has 1 saturated heterocycles. The van der Waals surface area contributed by atoms with Crippen LogP contribution in [0.2, 0.25) is 0 Å². The molecular formula is C6H13NO. The fraction of sp³-hybridized carbons (Fsp3) is 0.667. The fourth-order valence-corrected chi connectivity index (χ4v) is 0.516. The fourth-order valence-electron chi connectivity index (χ4n) is 0.516. The minimum Gasteiger partial charge on any atom is -0.379 e. The number of ether oxygens (including phenoxy) is 1. The van der Waals surface area contributed by atoms with Crippen molar-refractivity contribution in [2.24, 2.45) is 0 Å². The molecule has 1 rings (SSSR count). The Hall–Kier alpha value is -0.340. The zero-order valence-corrected chi connectivity index (χ0v) is 5.15. The van der Waals surface area contributed by atoms with Gasteiger partial charge in [0, 0.05) is 13.1 Å². The van der Waals surface area contributed by atoms with Crippen molar-refractivity contribution in [1.29, 1.82) is 0 Å². The number of nitrogens with one attached hydrogen (secondary N) is 1. The molecule has 0 aromatic rings. The molecule has 1 N–H and O–H groups in total. The monoisotopic (exact) mass is 115 g/mol. The highest BCUT2D eigenvalue weighted by Gasteiger charge is 1.92. The smallest absolute Gasteiger partial charge is 0.0591 e. The summed E-state index contributed by atoms with van der Waals surface area (Å²) in [6.45, 7) is 9.83. The predicted octanol–water partition coefficient (Wildman–Crippen LogP) is 0.408. The number of morpholine rings is 1. The second-order valence-corrected chi connectivity index (χ2v) is 1.36. The van der Waals surface area contributed by atoms with Crippen LogP contribution in [-0.4, -0.2) is 26.3 Å². The Morgan fingerprint density at radius 3 is 1.75 bits per heavy atom. The van der Waals surface area contributed by atoms with Crippen LogP contribution in [0.25, 0.3) is 0 Å². The average Bonchev–Trinajstić information content (AvgIpc) is 1.96. The van der Waals surface area contributed by atoms with Crippen molar-refractivity contribution in [3.63, 3.8) is 0 Å². The van der Waals surface area contributed by atoms with Gasteiger partial charge in [-0.1, -0.05) is 0 Å². The van der Waals surface area contributed by atoms with Crippen molar-refractivity contribution in [3.8, 4) is 0 Å². The van der Waals surface area contributed by atoms with Crippen LogP contribution in [-0.2, 0) is 4.74 Å². The average molecular weight is 115 g/mol. The van der Waals surface area contributed by atoms with Crippen molar-refractivity contribution in [2.45, 2.75) is 0 Å². The highest BCUT2D eigenvalue weighted by molar-refractivity contribution is 4.49. The normalized spacial score (nSPS) is 18.5. The van der Waals surface area contributed by atoms with Gasteiger partial charge in [-0.2, -0.15) is 0 Å². The van der Waals surface area contributed by atoms with Gasteiger partial charge in [0.15, 0.2) is 0 Å². The molecule has 0 unspecified atom stereocenters. The molecule has 8 heavy (non-hydrogen) atoms. The van der Waals surface area contributed by atoms with Gasteiger partial charge in [-0.25, -0.2) is 0 Å². The number of rotatable bonds is 0. The predicted molar refractivity (Wildman–Crippen MR) is 34.9 cm³/mol. The van der Waals surface area contributed by atoms with Crippen LogP contribution in [0.1, 0.15) is 0 Å². The molecular weight excluding hydrogens is 102 g/mol. The lowest BCUT2D eigenvalue weighted by Gasteiger charge is -2.10. The molecule has 1 fully saturated rings. The van der Waals surface area contributed by atoms with Gasteiger partial charge in [0.1, 0.15) is 0 Å². The molecule has 1 aliphatic rings. The molecule has 2 nitrogen and oxygen atoms in total. The van der Waals surface area contributed by atoms with E-state index in [9.17, 15) is 0 Å². The van der Waals surface area contributed by atoms with Crippen LogP contribution in [0.15, 0.2) is 13.2 Å². The van der Waals surface area contributed by atoms with Crippen LogP contribution in [0.5, 0.6) is 0 Å². The number of hydrogen-bond acceptors (Lipinski definition) is 2. The molecule has 0 radical (unpaired) electrons. The zero-order chi connectivity index (χ0) is 6.24. The van der Waals surface area contributed by atoms with Crippen LogP contribution < -0.4 is 5.32 Å². The zero-order valence-electron chi connectivity index (χ0n) is 5.15. The summed E-state index contributed by atoms with van der Waals surface area (Å²) in [6, 6.07) is 0. The number of hydrogen-bond donors (Lipinski definition) is 1. The van der Waals surface area contributed by atoms with E-state index in [1.807, 2.05) is 0 Å². The second kappa shape index (κ2) is 6.66. The van der Waals surface area contributed by atoms with Gasteiger partial charge in [-0.3, -0.25) is 0 Å². The van der Waals surface area contributed by atoms with Gasteiger partial charge in [-0.15, -0.1) is 13.2 Å². The molecule has 1 aliphatic heterocycles. The van der Waals surface area contributed by atoms with Crippen molar-refractivity contribution in [1.82, 2.24) is 5.32 Å². The highest BCUT2D eigenvalue weighted by Crippen LogP contribution is 1.76. The third-order valence-electron chi connectivity index (χ3n) is 0.846. The molecule has 1 heterocycles. The molecule has 0 saturated carbocycles. The van der Waals surface area contributed by atoms with E-state index in [1.54, 1.807) is 0 Å². The van der Waals surface area contributed by atoms with Crippen molar-refractivity contribution in [3.05, 3.63) is 13.2 Å². The molecule has 0 aromatic heterocycles. The first-order valence-corrected chi connectivity index (χ1v) is 2.78. The minimum absolute atomic E-state index is 0.889. The molecule has 48 valence electrons. The molecule has 0 amide bonds. The van der Waals surface area contributed by atoms with E-state index >= 15 is 0 Å². The molecule has 0 aromatic carbocycles. The maximum absolute atomic E-state index is 5.01. The maximum Gasteiger partial charge on any atom is 0.0591 e. The van der Waals surface area contributed by atoms with Gasteiger partial charge in [0.2, 0.25) is 0 Å². The Balaban J connectivity index is 0.000000222. The molecule has 0 aliphatic carbocycles. The minimum atomic E-state index is 0.889. The Morgan fingerprint density at radius 2 is 1.62 bits per heavy atom. The summed E-state index contributed by atoms with van der Waals surface area (Å²) >= 11 is 0. The third kappa shape index (κ3) is 3.84. The van der Waals surface area contributed by atoms with E-state index < -0.39 is 0 Å². The van der Waals surface area contributed by atoms with Crippen LogP contribution in [0.4, 0.5) is 0 Å². The summed E-state index contributed by atoms with van der Waals surface area (Å²) in [5, 5.41) is 3.16. The van der Waals surface area contributed by atoms with Gasteiger partial charge >= 0.3 is 0 Å². The Morgan fingerprint density at radius 1 is 1.12 bits per heavy atom. The molecule has 0 atom stereocenters. The van der Waals surface area contributed by atoms with Gasteiger partial charge in [-0.05, 0) is 0 Å². The van der Waals surface area contributed by atoms with Crippen LogP contribution >= 0.6 is 0 Å². The molecule has 0 bridgehead atoms. The van der Waals surface area contributed by atoms with E-state index in [4.69, 9.17) is 4.74 Å². The van der Waals surface area contributed by atoms with E-state index in [0.717, 1.165) is 26.3 Å². The highest BCUT2D eigenvalue weighted by atomic mass is 16.5. The lowest BCUT2D eigenvalue weighted by Crippen LogP contribution is -2.30. The summed E-state index contributed by atoms with van der Waals surface area (Å²) in [7, 11) is 0. The Kier molecular flexibility index (Phi) is 6.38. The maximum atomic E-state index is 5.01. The molecule has 2 heteroatoms. The summed E-state index contributed by atoms with van der Waals surface area (Å²) < 4.78 is 5.01. The van der Waals surface area contributed by atoms with Crippen molar-refractivity contribution >= 4 is 0 Å². The lowest BCUT2D eigenvalue weighted by atomic mass is 10.5. The van der Waals surface area contributed by atoms with Gasteiger partial charge < -0.3 is 10.1 Å². The Labute approximate surface area is 50.5 Å². The Bertz CT molecular complexity index is 32.3. The third-order valence-corrected chi connectivity index (χ3v) is 0.846. The standard InChI is InChI=1S/C4H9NO.C2H4/c1-3-6-4-2-5-1;1-2/h5H,1-4H2;1-2H2. The summed E-state index contributed by atoms with van der Waals surface area (Å²) in [4.78, 5) is 0. The van der Waals surface area contributed by atoms with E-state index in [1.165, 1.54) is 0 Å². The van der Waals surface area contributed by atoms with E-state index in [-0.39, 0.29) is 0 Å². The van der Waals surface area contributed by atoms with Crippen molar-refractivity contribution in [2.75, 3.05) is 26.3 Å². The first-order valence-electron chi connectivity index (χ1n) is 2.78. The first kappa shape index (κ1) is 7.66. The van der Waals surface area contributed by atoms with E-state index in [2.05, 4.69) is 18.5 Å². The second-order valence-electron chi connectivity index (χ2n) is 1.36. The topological polar surface area (TPSA) is 21.3 Å². The van der Waals surface area contributed by atoms with Crippen molar-refractivity contribution < 1.29 is 4.74 Å². The van der Waals surface area contributed by atoms with Crippen LogP contribution in [0, 0.1) is 0 Å². The summed E-state index contributed by atoms with van der Waals surface area (Å²) in [5.74, 6) is 0. The van der Waals surface area contributed by atoms with E-state index in [0.29, 0.717) is 0 Å². The summed E-state index contributed by atoms with van der Waals surface area (Å²) in [6.07, 6.45) is 0. The lowest BCUT2D eigenvalue weighted by molar-refractivity contribution is 0.109.